The van der Waals surface area contributed by atoms with E-state index in [1.807, 2.05) is 0 Å². The molecule has 0 spiro atoms. The number of carbonyl (C=O) groups is 3. The molecule has 1 amide bonds. The van der Waals surface area contributed by atoms with Gasteiger partial charge in [-0.15, -0.1) is 0 Å². The van der Waals surface area contributed by atoms with Crippen LogP contribution < -0.4 is 0 Å². The summed E-state index contributed by atoms with van der Waals surface area (Å²) in [6.07, 6.45) is -0.721. The number of nitrogens with zero attached hydrogens (tertiary/aromatic N) is 1. The van der Waals surface area contributed by atoms with Crippen LogP contribution >= 0.6 is 15.9 Å². The molecule has 0 heterocycles. The Morgan fingerprint density at radius 3 is 2.35 bits per heavy atom. The lowest BCUT2D eigenvalue weighted by molar-refractivity contribution is -0.147. The molecular weight excluding hydrogens is 366 g/mol. The summed E-state index contributed by atoms with van der Waals surface area (Å²) in [5.41, 5.74) is 0.434. The Labute approximate surface area is 143 Å². The normalized spacial score (nSPS) is 11.3. The van der Waals surface area contributed by atoms with Crippen LogP contribution in [0.1, 0.15) is 24.2 Å². The van der Waals surface area contributed by atoms with Crippen molar-refractivity contribution in [3.63, 3.8) is 0 Å². The second kappa shape index (κ2) is 8.47. The quantitative estimate of drug-likeness (QED) is 0.428. The van der Waals surface area contributed by atoms with E-state index in [1.165, 1.54) is 20.9 Å². The molecule has 0 aliphatic carbocycles. The molecule has 0 saturated heterocycles. The van der Waals surface area contributed by atoms with Gasteiger partial charge in [-0.1, -0.05) is 34.6 Å². The van der Waals surface area contributed by atoms with Gasteiger partial charge in [0, 0.05) is 17.1 Å². The van der Waals surface area contributed by atoms with Crippen LogP contribution in [0.15, 0.2) is 41.1 Å². The van der Waals surface area contributed by atoms with Gasteiger partial charge in [0.05, 0.1) is 5.76 Å². The molecule has 0 aliphatic heterocycles. The van der Waals surface area contributed by atoms with Gasteiger partial charge in [-0.3, -0.25) is 9.69 Å². The van der Waals surface area contributed by atoms with Gasteiger partial charge in [0.15, 0.2) is 12.4 Å². The lowest BCUT2D eigenvalue weighted by atomic mass is 10.1. The molecule has 0 fully saturated rings. The monoisotopic (exact) mass is 383 g/mol. The van der Waals surface area contributed by atoms with Crippen molar-refractivity contribution in [2.45, 2.75) is 19.9 Å². The average Bonchev–Trinajstić information content (AvgIpc) is 2.50. The predicted octanol–water partition coefficient (Wildman–Crippen LogP) is 3.17. The molecule has 1 rings (SSSR count). The van der Waals surface area contributed by atoms with E-state index in [1.54, 1.807) is 24.3 Å². The largest absolute Gasteiger partial charge is 0.456 e. The lowest BCUT2D eigenvalue weighted by Gasteiger charge is -2.22. The van der Waals surface area contributed by atoms with Crippen molar-refractivity contribution < 1.29 is 23.9 Å². The number of likely N-dealkylation sites (N-methyl/N-ethyl adjacent to an activating group) is 1. The van der Waals surface area contributed by atoms with Crippen LogP contribution in [0.2, 0.25) is 0 Å². The number of allylic oxidation sites excluding steroid dienone is 1. The number of rotatable bonds is 6. The topological polar surface area (TPSA) is 72.9 Å². The molecule has 0 bridgehead atoms. The minimum atomic E-state index is -0.889. The highest BCUT2D eigenvalue weighted by atomic mass is 79.9. The Hall–Kier alpha value is -2.15. The number of hydrogen-bond donors (Lipinski definition) is 0. The van der Waals surface area contributed by atoms with Gasteiger partial charge >= 0.3 is 12.1 Å². The van der Waals surface area contributed by atoms with Crippen molar-refractivity contribution in [3.05, 3.63) is 46.6 Å². The first-order chi connectivity index (χ1) is 10.7. The number of halogens is 1. The highest BCUT2D eigenvalue weighted by molar-refractivity contribution is 9.10. The summed E-state index contributed by atoms with van der Waals surface area (Å²) < 4.78 is 10.6. The number of amides is 1. The van der Waals surface area contributed by atoms with Crippen LogP contribution in [0.4, 0.5) is 4.79 Å². The van der Waals surface area contributed by atoms with E-state index in [4.69, 9.17) is 9.47 Å². The number of esters is 1. The van der Waals surface area contributed by atoms with Crippen molar-refractivity contribution in [2.75, 3.05) is 13.7 Å². The summed E-state index contributed by atoms with van der Waals surface area (Å²) in [5.74, 6) is -0.810. The molecule has 1 aromatic carbocycles. The fourth-order valence-corrected chi connectivity index (χ4v) is 1.78. The van der Waals surface area contributed by atoms with Crippen molar-refractivity contribution in [1.29, 1.82) is 0 Å². The molecule has 0 aliphatic rings. The first-order valence-corrected chi connectivity index (χ1v) is 7.57. The van der Waals surface area contributed by atoms with E-state index < -0.39 is 24.7 Å². The Morgan fingerprint density at radius 2 is 1.83 bits per heavy atom. The third kappa shape index (κ3) is 5.86. The van der Waals surface area contributed by atoms with Crippen molar-refractivity contribution in [2.24, 2.45) is 0 Å². The van der Waals surface area contributed by atoms with Crippen LogP contribution in [0, 0.1) is 0 Å². The van der Waals surface area contributed by atoms with Crippen molar-refractivity contribution in [3.8, 4) is 0 Å². The first kappa shape index (κ1) is 18.9. The maximum absolute atomic E-state index is 11.9. The van der Waals surface area contributed by atoms with Gasteiger partial charge in [0.2, 0.25) is 0 Å². The molecule has 7 heteroatoms. The molecule has 0 radical (unpaired) electrons. The Morgan fingerprint density at radius 1 is 1.26 bits per heavy atom. The van der Waals surface area contributed by atoms with Crippen molar-refractivity contribution in [1.82, 2.24) is 4.90 Å². The van der Waals surface area contributed by atoms with Gasteiger partial charge in [-0.25, -0.2) is 9.59 Å². The van der Waals surface area contributed by atoms with Gasteiger partial charge in [-0.2, -0.15) is 0 Å². The molecule has 1 atom stereocenters. The zero-order valence-corrected chi connectivity index (χ0v) is 14.8. The van der Waals surface area contributed by atoms with Crippen LogP contribution in [0.25, 0.3) is 0 Å². The van der Waals surface area contributed by atoms with Crippen LogP contribution in [0.3, 0.4) is 0 Å². The highest BCUT2D eigenvalue weighted by Gasteiger charge is 2.25. The van der Waals surface area contributed by atoms with Gasteiger partial charge < -0.3 is 9.47 Å². The first-order valence-electron chi connectivity index (χ1n) is 6.78. The predicted molar refractivity (Wildman–Crippen MR) is 88.0 cm³/mol. The zero-order chi connectivity index (χ0) is 17.6. The number of hydrogen-bond acceptors (Lipinski definition) is 5. The smallest absolute Gasteiger partial charge is 0.415 e. The molecule has 23 heavy (non-hydrogen) atoms. The Bertz CT molecular complexity index is 611. The fourth-order valence-electron chi connectivity index (χ4n) is 1.51. The van der Waals surface area contributed by atoms with Crippen LogP contribution in [-0.4, -0.2) is 42.4 Å². The molecule has 6 nitrogen and oxygen atoms in total. The second-order valence-corrected chi connectivity index (χ2v) is 5.81. The Balaban J connectivity index is 2.55. The number of carbonyl (C=O) groups excluding carboxylic acids is 3. The molecular formula is C16H18BrNO5. The Kier molecular flexibility index (Phi) is 6.96. The number of benzene rings is 1. The van der Waals surface area contributed by atoms with Crippen molar-refractivity contribution >= 4 is 33.8 Å². The lowest BCUT2D eigenvalue weighted by Crippen LogP contribution is -2.41. The number of ether oxygens (including phenoxy) is 2. The molecule has 0 unspecified atom stereocenters. The third-order valence-electron chi connectivity index (χ3n) is 2.98. The summed E-state index contributed by atoms with van der Waals surface area (Å²) >= 11 is 3.27. The second-order valence-electron chi connectivity index (χ2n) is 4.89. The average molecular weight is 384 g/mol. The maximum Gasteiger partial charge on any atom is 0.415 e. The van der Waals surface area contributed by atoms with E-state index in [2.05, 4.69) is 22.5 Å². The maximum atomic E-state index is 11.9. The molecule has 0 N–H and O–H groups in total. The van der Waals surface area contributed by atoms with Crippen LogP contribution in [0.5, 0.6) is 0 Å². The van der Waals surface area contributed by atoms with E-state index >= 15 is 0 Å². The zero-order valence-electron chi connectivity index (χ0n) is 13.2. The van der Waals surface area contributed by atoms with E-state index in [9.17, 15) is 14.4 Å². The standard InChI is InChI=1S/C16H18BrNO5/c1-10(2)23-16(21)18(4)11(3)15(20)22-9-14(19)12-5-7-13(17)8-6-12/h5-8,11H,1,9H2,2-4H3/t11-/m0/s1. The fraction of sp³-hybridized carbons (Fsp3) is 0.312. The minimum absolute atomic E-state index is 0.216. The van der Waals surface area contributed by atoms with E-state index in [0.717, 1.165) is 9.37 Å². The number of Topliss-reactive ketones (excluding diaryl/α,β-unsaturated/α-hetero) is 1. The molecule has 0 saturated carbocycles. The summed E-state index contributed by atoms with van der Waals surface area (Å²) in [6, 6.07) is 5.80. The van der Waals surface area contributed by atoms with E-state index in [0.29, 0.717) is 5.56 Å². The summed E-state index contributed by atoms with van der Waals surface area (Å²) in [6.45, 7) is 6.05. The summed E-state index contributed by atoms with van der Waals surface area (Å²) in [7, 11) is 1.40. The van der Waals surface area contributed by atoms with Gasteiger partial charge in [0.1, 0.15) is 6.04 Å². The van der Waals surface area contributed by atoms with Crippen LogP contribution in [-0.2, 0) is 14.3 Å². The van der Waals surface area contributed by atoms with Gasteiger partial charge in [0.25, 0.3) is 0 Å². The van der Waals surface area contributed by atoms with E-state index in [-0.39, 0.29) is 11.5 Å². The molecule has 0 aromatic heterocycles. The SMILES string of the molecule is C=C(C)OC(=O)N(C)[C@@H](C)C(=O)OCC(=O)c1ccc(Br)cc1. The molecule has 1 aromatic rings. The van der Waals surface area contributed by atoms with Gasteiger partial charge in [-0.05, 0) is 26.0 Å². The highest BCUT2D eigenvalue weighted by Crippen LogP contribution is 2.11. The summed E-state index contributed by atoms with van der Waals surface area (Å²) in [5, 5.41) is 0. The molecule has 124 valence electrons. The summed E-state index contributed by atoms with van der Waals surface area (Å²) in [4.78, 5) is 36.6. The minimum Gasteiger partial charge on any atom is -0.456 e. The number of ketones is 1. The third-order valence-corrected chi connectivity index (χ3v) is 3.51.